The van der Waals surface area contributed by atoms with Crippen LogP contribution in [-0.2, 0) is 4.74 Å². The summed E-state index contributed by atoms with van der Waals surface area (Å²) >= 11 is 3.73. The first-order valence-corrected chi connectivity index (χ1v) is 2.52. The molecule has 44 valence electrons. The zero-order chi connectivity index (χ0) is 8.20. The van der Waals surface area contributed by atoms with Gasteiger partial charge in [0.25, 0.3) is 0 Å². The second kappa shape index (κ2) is 4.43. The number of thiol groups is 1. The number of methoxy groups -OCH3 is 1. The van der Waals surface area contributed by atoms with Crippen LogP contribution in [0.3, 0.4) is 0 Å². The van der Waals surface area contributed by atoms with E-state index in [1.54, 1.807) is 0 Å². The molecule has 0 aromatic carbocycles. The number of hydrogen-bond acceptors (Lipinski definition) is 3. The molecular weight excluding hydrogens is 112 g/mol. The van der Waals surface area contributed by atoms with E-state index in [0.717, 1.165) is 0 Å². The van der Waals surface area contributed by atoms with Gasteiger partial charge in [0.05, 0.1) is 16.8 Å². The Bertz CT molecular complexity index is 95.0. The van der Waals surface area contributed by atoms with Gasteiger partial charge in [-0.1, -0.05) is 0 Å². The molecule has 0 aliphatic carbocycles. The molecule has 1 atom stereocenters. The molecule has 3 heteroatoms. The van der Waals surface area contributed by atoms with Gasteiger partial charge in [0, 0.05) is 12.8 Å². The molecule has 0 spiro atoms. The normalized spacial score (nSPS) is 22.3. The van der Waals surface area contributed by atoms with Crippen LogP contribution in [-0.4, -0.2) is 30.6 Å². The summed E-state index contributed by atoms with van der Waals surface area (Å²) < 4.78 is 24.0. The highest BCUT2D eigenvalue weighted by Gasteiger charge is 1.95. The van der Waals surface area contributed by atoms with Crippen LogP contribution in [0, 0.1) is 0 Å². The lowest BCUT2D eigenvalue weighted by atomic mass is 10.4. The van der Waals surface area contributed by atoms with Gasteiger partial charge < -0.3 is 9.84 Å². The van der Waals surface area contributed by atoms with E-state index in [0.29, 0.717) is 0 Å². The summed E-state index contributed by atoms with van der Waals surface area (Å²) in [4.78, 5) is 0. The van der Waals surface area contributed by atoms with E-state index in [9.17, 15) is 0 Å². The summed E-state index contributed by atoms with van der Waals surface area (Å²) in [6.07, 6.45) is -0.802. The molecule has 0 fully saturated rings. The average molecular weight is 125 g/mol. The fourth-order valence-electron chi connectivity index (χ4n) is 0.149. The highest BCUT2D eigenvalue weighted by atomic mass is 32.1. The second-order valence-corrected chi connectivity index (χ2v) is 1.51. The lowest BCUT2D eigenvalue weighted by Crippen LogP contribution is -2.14. The predicted molar refractivity (Wildman–Crippen MR) is 31.7 cm³/mol. The molecule has 0 amide bonds. The molecule has 0 aliphatic heterocycles. The van der Waals surface area contributed by atoms with Crippen molar-refractivity contribution in [2.45, 2.75) is 6.10 Å². The standard InChI is InChI=1S/C4H10O2S/c1-6-2-4(5)3-7/h4-5,7H,2-3H2,1H3/t4-/m1/s1/i1D3. The summed E-state index contributed by atoms with van der Waals surface area (Å²) in [5.41, 5.74) is 0. The molecule has 0 radical (unpaired) electrons. The predicted octanol–water partition coefficient (Wildman–Crippen LogP) is -0.0765. The molecule has 0 aliphatic rings. The maximum Gasteiger partial charge on any atom is 0.0861 e. The van der Waals surface area contributed by atoms with Crippen molar-refractivity contribution in [2.24, 2.45) is 0 Å². The second-order valence-electron chi connectivity index (χ2n) is 1.15. The maximum absolute atomic E-state index is 8.77. The molecule has 0 bridgehead atoms. The molecule has 0 saturated carbocycles. The zero-order valence-electron chi connectivity index (χ0n) is 6.79. The minimum absolute atomic E-state index is 0.194. The third-order valence-electron chi connectivity index (χ3n) is 0.486. The molecule has 1 N–H and O–H groups in total. The van der Waals surface area contributed by atoms with Crippen LogP contribution < -0.4 is 0 Å². The van der Waals surface area contributed by atoms with E-state index < -0.39 is 13.1 Å². The van der Waals surface area contributed by atoms with Gasteiger partial charge in [-0.25, -0.2) is 0 Å². The molecule has 0 rings (SSSR count). The Kier molecular flexibility index (Phi) is 2.10. The van der Waals surface area contributed by atoms with Crippen LogP contribution in [0.2, 0.25) is 0 Å². The minimum atomic E-state index is -2.41. The van der Waals surface area contributed by atoms with Gasteiger partial charge >= 0.3 is 0 Å². The monoisotopic (exact) mass is 125 g/mol. The van der Waals surface area contributed by atoms with Crippen LogP contribution >= 0.6 is 12.6 Å². The van der Waals surface area contributed by atoms with E-state index in [4.69, 9.17) is 9.22 Å². The van der Waals surface area contributed by atoms with Gasteiger partial charge in [0.15, 0.2) is 0 Å². The molecule has 7 heavy (non-hydrogen) atoms. The van der Waals surface area contributed by atoms with Crippen molar-refractivity contribution in [1.29, 1.82) is 0 Å². The Morgan fingerprint density at radius 1 is 2.14 bits per heavy atom. The number of ether oxygens (including phenoxy) is 1. The summed E-state index contributed by atoms with van der Waals surface area (Å²) in [5.74, 6) is 0.204. The molecular formula is C4H10O2S. The molecule has 0 aromatic rings. The first-order chi connectivity index (χ1) is 4.45. The van der Waals surface area contributed by atoms with E-state index in [1.807, 2.05) is 0 Å². The van der Waals surface area contributed by atoms with Gasteiger partial charge in [0.2, 0.25) is 0 Å². The molecule has 0 heterocycles. The quantitative estimate of drug-likeness (QED) is 0.517. The maximum atomic E-state index is 8.77. The highest BCUT2D eigenvalue weighted by Crippen LogP contribution is 1.84. The number of hydrogen-bond donors (Lipinski definition) is 2. The third kappa shape index (κ3) is 4.12. The lowest BCUT2D eigenvalue weighted by molar-refractivity contribution is 0.0796. The molecule has 0 unspecified atom stereocenters. The fraction of sp³-hybridized carbons (Fsp3) is 1.00. The number of rotatable bonds is 3. The molecule has 0 aromatic heterocycles. The van der Waals surface area contributed by atoms with Crippen LogP contribution in [0.5, 0.6) is 0 Å². The van der Waals surface area contributed by atoms with Gasteiger partial charge in [0.1, 0.15) is 0 Å². The summed E-state index contributed by atoms with van der Waals surface area (Å²) in [5, 5.41) is 8.77. The fourth-order valence-corrected chi connectivity index (χ4v) is 0.254. The van der Waals surface area contributed by atoms with Gasteiger partial charge in [-0.05, 0) is 0 Å². The van der Waals surface area contributed by atoms with Crippen molar-refractivity contribution in [3.63, 3.8) is 0 Å². The minimum Gasteiger partial charge on any atom is -0.390 e. The number of aliphatic hydroxyl groups excluding tert-OH is 1. The Morgan fingerprint density at radius 3 is 3.29 bits per heavy atom. The van der Waals surface area contributed by atoms with E-state index in [-0.39, 0.29) is 12.4 Å². The average Bonchev–Trinajstić information content (AvgIpc) is 1.81. The first kappa shape index (κ1) is 3.33. The lowest BCUT2D eigenvalue weighted by Gasteiger charge is -2.02. The summed E-state index contributed by atoms with van der Waals surface area (Å²) in [6.45, 7) is -0.194. The van der Waals surface area contributed by atoms with Crippen LogP contribution in [0.1, 0.15) is 4.11 Å². The highest BCUT2D eigenvalue weighted by molar-refractivity contribution is 7.80. The van der Waals surface area contributed by atoms with E-state index >= 15 is 0 Å². The van der Waals surface area contributed by atoms with Gasteiger partial charge in [-0.3, -0.25) is 0 Å². The largest absolute Gasteiger partial charge is 0.390 e. The van der Waals surface area contributed by atoms with Gasteiger partial charge in [-0.2, -0.15) is 12.6 Å². The summed E-state index contributed by atoms with van der Waals surface area (Å²) in [6, 6.07) is 0. The molecule has 0 saturated heterocycles. The number of aliphatic hydroxyl groups is 1. The zero-order valence-corrected chi connectivity index (χ0v) is 4.69. The smallest absolute Gasteiger partial charge is 0.0861 e. The van der Waals surface area contributed by atoms with Crippen molar-refractivity contribution in [3.8, 4) is 0 Å². The van der Waals surface area contributed by atoms with Gasteiger partial charge in [-0.15, -0.1) is 0 Å². The van der Waals surface area contributed by atoms with Crippen molar-refractivity contribution < 1.29 is 14.0 Å². The van der Waals surface area contributed by atoms with Crippen molar-refractivity contribution in [1.82, 2.24) is 0 Å². The van der Waals surface area contributed by atoms with Crippen LogP contribution in [0.4, 0.5) is 0 Å². The Hall–Kier alpha value is 0.270. The van der Waals surface area contributed by atoms with Crippen LogP contribution in [0.15, 0.2) is 0 Å². The summed E-state index contributed by atoms with van der Waals surface area (Å²) in [7, 11) is -2.41. The van der Waals surface area contributed by atoms with E-state index in [1.165, 1.54) is 0 Å². The first-order valence-electron chi connectivity index (χ1n) is 3.38. The Balaban J connectivity index is 3.36. The topological polar surface area (TPSA) is 29.5 Å². The Labute approximate surface area is 53.1 Å². The molecule has 2 nitrogen and oxygen atoms in total. The van der Waals surface area contributed by atoms with Crippen molar-refractivity contribution in [2.75, 3.05) is 19.4 Å². The third-order valence-corrected chi connectivity index (χ3v) is 0.908. The Morgan fingerprint density at radius 2 is 2.86 bits per heavy atom. The van der Waals surface area contributed by atoms with E-state index in [2.05, 4.69) is 17.4 Å². The van der Waals surface area contributed by atoms with Crippen molar-refractivity contribution >= 4 is 12.6 Å². The van der Waals surface area contributed by atoms with Crippen LogP contribution in [0.25, 0.3) is 0 Å². The van der Waals surface area contributed by atoms with Crippen molar-refractivity contribution in [3.05, 3.63) is 0 Å². The SMILES string of the molecule is [2H]C([2H])([2H])OC[C@@H](O)CS.